The second-order valence-electron chi connectivity index (χ2n) is 7.55. The number of carbonyl (C=O) groups is 2. The fraction of sp³-hybridized carbons (Fsp3) is 0.429. The molecule has 2 heterocycles. The van der Waals surface area contributed by atoms with Gasteiger partial charge >= 0.3 is 0 Å². The third kappa shape index (κ3) is 4.89. The molecule has 0 spiro atoms. The zero-order chi connectivity index (χ0) is 23.5. The lowest BCUT2D eigenvalue weighted by molar-refractivity contribution is -0.120. The van der Waals surface area contributed by atoms with E-state index >= 15 is 0 Å². The van der Waals surface area contributed by atoms with Crippen LogP contribution in [0.15, 0.2) is 33.9 Å². The Bertz CT molecular complexity index is 1080. The quantitative estimate of drug-likeness (QED) is 0.652. The molecule has 1 N–H and O–H groups in total. The number of hydrogen-bond acceptors (Lipinski definition) is 7. The van der Waals surface area contributed by atoms with E-state index in [2.05, 4.69) is 5.32 Å². The molecule has 0 aliphatic carbocycles. The third-order valence-electron chi connectivity index (χ3n) is 5.33. The molecule has 1 aromatic carbocycles. The fourth-order valence-electron chi connectivity index (χ4n) is 3.53. The molecule has 0 saturated carbocycles. The van der Waals surface area contributed by atoms with Crippen molar-refractivity contribution in [2.75, 3.05) is 46.7 Å². The molecule has 2 amide bonds. The minimum Gasteiger partial charge on any atom is -0.493 e. The Kier molecular flexibility index (Phi) is 7.42. The first-order chi connectivity index (χ1) is 15.2. The number of thiophene rings is 1. The van der Waals surface area contributed by atoms with Gasteiger partial charge in [-0.1, -0.05) is 6.07 Å². The Hall–Kier alpha value is -2.63. The van der Waals surface area contributed by atoms with Crippen molar-refractivity contribution in [3.05, 3.63) is 35.2 Å². The van der Waals surface area contributed by atoms with Gasteiger partial charge in [-0.3, -0.25) is 9.59 Å². The molecule has 0 atom stereocenters. The Morgan fingerprint density at radius 2 is 1.75 bits per heavy atom. The highest BCUT2D eigenvalue weighted by Gasteiger charge is 2.33. The highest BCUT2D eigenvalue weighted by molar-refractivity contribution is 7.91. The van der Waals surface area contributed by atoms with E-state index in [0.717, 1.165) is 0 Å². The predicted octanol–water partition coefficient (Wildman–Crippen LogP) is 2.51. The maximum Gasteiger partial charge on any atom is 0.255 e. The molecule has 1 saturated heterocycles. The van der Waals surface area contributed by atoms with Gasteiger partial charge in [0.2, 0.25) is 5.91 Å². The second kappa shape index (κ2) is 9.88. The zero-order valence-corrected chi connectivity index (χ0v) is 20.1. The van der Waals surface area contributed by atoms with Crippen LogP contribution in [0.4, 0.5) is 5.69 Å². The van der Waals surface area contributed by atoms with Crippen molar-refractivity contribution in [3.63, 3.8) is 0 Å². The van der Waals surface area contributed by atoms with Gasteiger partial charge in [0.05, 0.1) is 25.5 Å². The number of nitrogens with zero attached hydrogens (tertiary/aromatic N) is 2. The van der Waals surface area contributed by atoms with Crippen LogP contribution in [0.25, 0.3) is 0 Å². The summed E-state index contributed by atoms with van der Waals surface area (Å²) in [4.78, 5) is 27.0. The summed E-state index contributed by atoms with van der Waals surface area (Å²) in [5.74, 6) is -0.172. The van der Waals surface area contributed by atoms with E-state index < -0.39 is 10.0 Å². The Morgan fingerprint density at radius 1 is 1.12 bits per heavy atom. The third-order valence-corrected chi connectivity index (χ3v) is 8.60. The van der Waals surface area contributed by atoms with Crippen molar-refractivity contribution >= 4 is 38.9 Å². The summed E-state index contributed by atoms with van der Waals surface area (Å²) in [6.45, 7) is 0.515. The van der Waals surface area contributed by atoms with Gasteiger partial charge in [-0.2, -0.15) is 4.31 Å². The summed E-state index contributed by atoms with van der Waals surface area (Å²) < 4.78 is 37.7. The lowest BCUT2D eigenvalue weighted by atomic mass is 9.97. The van der Waals surface area contributed by atoms with Gasteiger partial charge < -0.3 is 19.7 Å². The number of piperidine rings is 1. The number of benzene rings is 1. The van der Waals surface area contributed by atoms with E-state index in [9.17, 15) is 18.0 Å². The number of anilines is 1. The normalized spacial score (nSPS) is 15.2. The summed E-state index contributed by atoms with van der Waals surface area (Å²) in [5, 5.41) is 4.56. The van der Waals surface area contributed by atoms with Crippen LogP contribution in [0, 0.1) is 5.92 Å². The Labute approximate surface area is 192 Å². The summed E-state index contributed by atoms with van der Waals surface area (Å²) in [7, 11) is 2.65. The molecule has 174 valence electrons. The molecule has 2 aromatic rings. The van der Waals surface area contributed by atoms with Gasteiger partial charge in [-0.05, 0) is 30.4 Å². The number of amides is 2. The maximum absolute atomic E-state index is 13.0. The predicted molar refractivity (Wildman–Crippen MR) is 122 cm³/mol. The Morgan fingerprint density at radius 3 is 2.28 bits per heavy atom. The van der Waals surface area contributed by atoms with Crippen LogP contribution in [-0.2, 0) is 14.8 Å². The summed E-state index contributed by atoms with van der Waals surface area (Å²) in [6, 6.07) is 6.38. The maximum atomic E-state index is 13.0. The molecule has 9 nitrogen and oxygen atoms in total. The second-order valence-corrected chi connectivity index (χ2v) is 10.7. The van der Waals surface area contributed by atoms with Gasteiger partial charge in [0.25, 0.3) is 15.9 Å². The molecule has 0 bridgehead atoms. The van der Waals surface area contributed by atoms with E-state index in [1.54, 1.807) is 37.7 Å². The molecule has 1 aliphatic heterocycles. The molecule has 1 aromatic heterocycles. The number of carbonyl (C=O) groups excluding carboxylic acids is 2. The standard InChI is InChI=1S/C21H27N3O6S2/c1-23(2)21(26)15-12-17(29-3)18(30-4)13-16(15)22-20(25)14-7-9-24(10-8-14)32(27,28)19-6-5-11-31-19/h5-6,11-14H,7-10H2,1-4H3,(H,22,25). The molecule has 0 radical (unpaired) electrons. The average molecular weight is 482 g/mol. The number of ether oxygens (including phenoxy) is 2. The van der Waals surface area contributed by atoms with Crippen molar-refractivity contribution in [1.82, 2.24) is 9.21 Å². The van der Waals surface area contributed by atoms with E-state index in [1.165, 1.54) is 40.8 Å². The number of methoxy groups -OCH3 is 2. The van der Waals surface area contributed by atoms with Crippen molar-refractivity contribution in [3.8, 4) is 11.5 Å². The van der Waals surface area contributed by atoms with Crippen LogP contribution in [0.3, 0.4) is 0 Å². The fourth-order valence-corrected chi connectivity index (χ4v) is 6.15. The largest absolute Gasteiger partial charge is 0.493 e. The first-order valence-corrected chi connectivity index (χ1v) is 12.3. The van der Waals surface area contributed by atoms with Gasteiger partial charge in [0.15, 0.2) is 11.5 Å². The number of nitrogens with one attached hydrogen (secondary N) is 1. The molecule has 1 fully saturated rings. The lowest BCUT2D eigenvalue weighted by Gasteiger charge is -2.30. The van der Waals surface area contributed by atoms with Gasteiger partial charge in [0.1, 0.15) is 4.21 Å². The van der Waals surface area contributed by atoms with Crippen LogP contribution in [0.1, 0.15) is 23.2 Å². The lowest BCUT2D eigenvalue weighted by Crippen LogP contribution is -2.41. The molecule has 1 aliphatic rings. The van der Waals surface area contributed by atoms with Crippen molar-refractivity contribution < 1.29 is 27.5 Å². The van der Waals surface area contributed by atoms with Gasteiger partial charge in [-0.25, -0.2) is 8.42 Å². The van der Waals surface area contributed by atoms with Crippen LogP contribution >= 0.6 is 11.3 Å². The molecule has 0 unspecified atom stereocenters. The molecule has 11 heteroatoms. The van der Waals surface area contributed by atoms with Crippen LogP contribution < -0.4 is 14.8 Å². The summed E-state index contributed by atoms with van der Waals surface area (Å²) in [6.07, 6.45) is 0.779. The molecular weight excluding hydrogens is 454 g/mol. The van der Waals surface area contributed by atoms with E-state index in [4.69, 9.17) is 9.47 Å². The smallest absolute Gasteiger partial charge is 0.255 e. The SMILES string of the molecule is COc1cc(NC(=O)C2CCN(S(=O)(=O)c3cccs3)CC2)c(C(=O)N(C)C)cc1OC. The van der Waals surface area contributed by atoms with Crippen LogP contribution in [0.5, 0.6) is 11.5 Å². The number of hydrogen-bond donors (Lipinski definition) is 1. The number of sulfonamides is 1. The Balaban J connectivity index is 1.75. The minimum absolute atomic E-state index is 0.258. The molecule has 32 heavy (non-hydrogen) atoms. The van der Waals surface area contributed by atoms with E-state index in [-0.39, 0.29) is 36.4 Å². The van der Waals surface area contributed by atoms with E-state index in [0.29, 0.717) is 34.2 Å². The van der Waals surface area contributed by atoms with Crippen molar-refractivity contribution in [2.45, 2.75) is 17.1 Å². The summed E-state index contributed by atoms with van der Waals surface area (Å²) in [5.41, 5.74) is 0.596. The van der Waals surface area contributed by atoms with E-state index in [1.807, 2.05) is 0 Å². The summed E-state index contributed by atoms with van der Waals surface area (Å²) >= 11 is 1.18. The van der Waals surface area contributed by atoms with Crippen molar-refractivity contribution in [1.29, 1.82) is 0 Å². The van der Waals surface area contributed by atoms with Crippen LogP contribution in [-0.4, -0.2) is 70.8 Å². The van der Waals surface area contributed by atoms with Gasteiger partial charge in [0, 0.05) is 39.2 Å². The highest BCUT2D eigenvalue weighted by atomic mass is 32.2. The zero-order valence-electron chi connectivity index (χ0n) is 18.5. The van der Waals surface area contributed by atoms with Crippen molar-refractivity contribution in [2.24, 2.45) is 5.92 Å². The van der Waals surface area contributed by atoms with Crippen LogP contribution in [0.2, 0.25) is 0 Å². The molecule has 3 rings (SSSR count). The number of rotatable bonds is 7. The average Bonchev–Trinajstić information content (AvgIpc) is 3.34. The molecular formula is C21H27N3O6S2. The topological polar surface area (TPSA) is 105 Å². The van der Waals surface area contributed by atoms with Gasteiger partial charge in [-0.15, -0.1) is 11.3 Å². The monoisotopic (exact) mass is 481 g/mol. The first kappa shape index (κ1) is 24.0. The highest BCUT2D eigenvalue weighted by Crippen LogP contribution is 2.35. The minimum atomic E-state index is -3.53. The first-order valence-electron chi connectivity index (χ1n) is 10.0.